The molecule has 0 bridgehead atoms. The van der Waals surface area contributed by atoms with Crippen LogP contribution in [0.3, 0.4) is 0 Å². The number of aromatic nitrogens is 1. The van der Waals surface area contributed by atoms with Crippen molar-refractivity contribution in [3.63, 3.8) is 0 Å². The molecule has 0 fully saturated rings. The van der Waals surface area contributed by atoms with Gasteiger partial charge in [0.2, 0.25) is 0 Å². The fraction of sp³-hybridized carbons (Fsp3) is 0.0476. The summed E-state index contributed by atoms with van der Waals surface area (Å²) in [6.45, 7) is 0.374. The van der Waals surface area contributed by atoms with Crippen molar-refractivity contribution in [3.05, 3.63) is 95.3 Å². The van der Waals surface area contributed by atoms with Gasteiger partial charge in [-0.25, -0.2) is 4.98 Å². The first-order chi connectivity index (χ1) is 13.2. The highest BCUT2D eigenvalue weighted by Crippen LogP contribution is 2.11. The fourth-order valence-corrected chi connectivity index (χ4v) is 2.42. The molecule has 2 aromatic carbocycles. The van der Waals surface area contributed by atoms with Crippen LogP contribution >= 0.6 is 0 Å². The van der Waals surface area contributed by atoms with E-state index < -0.39 is 5.91 Å². The number of carbonyl (C=O) groups excluding carboxylic acids is 2. The number of pyridine rings is 1. The third-order valence-corrected chi connectivity index (χ3v) is 3.76. The van der Waals surface area contributed by atoms with Gasteiger partial charge in [-0.1, -0.05) is 42.5 Å². The quantitative estimate of drug-likeness (QED) is 0.734. The van der Waals surface area contributed by atoms with Crippen molar-refractivity contribution in [1.29, 1.82) is 5.26 Å². The van der Waals surface area contributed by atoms with E-state index in [1.807, 2.05) is 36.4 Å². The summed E-state index contributed by atoms with van der Waals surface area (Å²) in [6, 6.07) is 22.8. The molecule has 3 rings (SSSR count). The molecular formula is C21H16N4O2. The fourth-order valence-electron chi connectivity index (χ4n) is 2.42. The van der Waals surface area contributed by atoms with Gasteiger partial charge in [-0.15, -0.1) is 0 Å². The number of nitrogens with one attached hydrogen (secondary N) is 2. The van der Waals surface area contributed by atoms with Crippen molar-refractivity contribution in [2.75, 3.05) is 5.32 Å². The van der Waals surface area contributed by atoms with Crippen LogP contribution < -0.4 is 10.6 Å². The number of hydrogen-bond donors (Lipinski definition) is 2. The van der Waals surface area contributed by atoms with Crippen LogP contribution in [0.25, 0.3) is 0 Å². The van der Waals surface area contributed by atoms with E-state index in [4.69, 9.17) is 5.26 Å². The minimum Gasteiger partial charge on any atom is -0.347 e. The Morgan fingerprint density at radius 3 is 2.33 bits per heavy atom. The molecule has 0 aliphatic rings. The van der Waals surface area contributed by atoms with E-state index in [0.29, 0.717) is 17.8 Å². The van der Waals surface area contributed by atoms with Gasteiger partial charge < -0.3 is 10.6 Å². The van der Waals surface area contributed by atoms with Gasteiger partial charge in [-0.3, -0.25) is 9.59 Å². The molecule has 0 saturated carbocycles. The SMILES string of the molecule is N#Cc1cccc(NC(=O)c2cccc(C(=O)NCc3ccccc3)n2)c1. The zero-order chi connectivity index (χ0) is 19.1. The van der Waals surface area contributed by atoms with Crippen LogP contribution in [-0.2, 0) is 6.54 Å². The zero-order valence-corrected chi connectivity index (χ0v) is 14.3. The largest absolute Gasteiger partial charge is 0.347 e. The molecule has 27 heavy (non-hydrogen) atoms. The van der Waals surface area contributed by atoms with E-state index in [2.05, 4.69) is 15.6 Å². The number of amides is 2. The Morgan fingerprint density at radius 2 is 1.59 bits per heavy atom. The molecule has 3 aromatic rings. The van der Waals surface area contributed by atoms with Gasteiger partial charge >= 0.3 is 0 Å². The van der Waals surface area contributed by atoms with Gasteiger partial charge in [0.05, 0.1) is 11.6 Å². The van der Waals surface area contributed by atoms with Crippen LogP contribution in [0.4, 0.5) is 5.69 Å². The first-order valence-corrected chi connectivity index (χ1v) is 8.26. The summed E-state index contributed by atoms with van der Waals surface area (Å²) in [7, 11) is 0. The van der Waals surface area contributed by atoms with E-state index in [0.717, 1.165) is 5.56 Å². The maximum absolute atomic E-state index is 12.4. The summed E-state index contributed by atoms with van der Waals surface area (Å²) in [6.07, 6.45) is 0. The first kappa shape index (κ1) is 17.8. The minimum atomic E-state index is -0.456. The highest BCUT2D eigenvalue weighted by Gasteiger charge is 2.12. The lowest BCUT2D eigenvalue weighted by Gasteiger charge is -2.08. The molecule has 132 valence electrons. The summed E-state index contributed by atoms with van der Waals surface area (Å²) in [4.78, 5) is 28.8. The van der Waals surface area contributed by atoms with Crippen LogP contribution in [-0.4, -0.2) is 16.8 Å². The standard InChI is InChI=1S/C21H16N4O2/c22-13-16-8-4-9-17(12-16)24-21(27)19-11-5-10-18(25-19)20(26)23-14-15-6-2-1-3-7-15/h1-12H,14H2,(H,23,26)(H,24,27). The number of anilines is 1. The van der Waals surface area contributed by atoms with Crippen molar-refractivity contribution in [3.8, 4) is 6.07 Å². The van der Waals surface area contributed by atoms with Crippen molar-refractivity contribution in [2.45, 2.75) is 6.54 Å². The summed E-state index contributed by atoms with van der Waals surface area (Å²) < 4.78 is 0. The predicted molar refractivity (Wildman–Crippen MR) is 101 cm³/mol. The van der Waals surface area contributed by atoms with Gasteiger partial charge in [0.15, 0.2) is 0 Å². The molecule has 0 saturated heterocycles. The zero-order valence-electron chi connectivity index (χ0n) is 14.3. The molecule has 2 N–H and O–H groups in total. The lowest BCUT2D eigenvalue weighted by Crippen LogP contribution is -2.25. The van der Waals surface area contributed by atoms with Crippen molar-refractivity contribution < 1.29 is 9.59 Å². The maximum atomic E-state index is 12.4. The van der Waals surface area contributed by atoms with Gasteiger partial charge in [-0.05, 0) is 35.9 Å². The molecule has 2 amide bonds. The van der Waals surface area contributed by atoms with Crippen LogP contribution in [0.1, 0.15) is 32.1 Å². The third kappa shape index (κ3) is 4.77. The molecule has 0 atom stereocenters. The van der Waals surface area contributed by atoms with E-state index in [1.165, 1.54) is 6.07 Å². The second kappa shape index (κ2) is 8.41. The summed E-state index contributed by atoms with van der Waals surface area (Å²) in [5.41, 5.74) is 2.17. The molecule has 1 heterocycles. The van der Waals surface area contributed by atoms with Gasteiger partial charge in [0, 0.05) is 12.2 Å². The smallest absolute Gasteiger partial charge is 0.274 e. The number of rotatable bonds is 5. The number of benzene rings is 2. The molecule has 0 unspecified atom stereocenters. The van der Waals surface area contributed by atoms with E-state index in [1.54, 1.807) is 36.4 Å². The third-order valence-electron chi connectivity index (χ3n) is 3.76. The van der Waals surface area contributed by atoms with Crippen LogP contribution in [0.5, 0.6) is 0 Å². The average Bonchev–Trinajstić information content (AvgIpc) is 2.73. The summed E-state index contributed by atoms with van der Waals surface area (Å²) in [5, 5.41) is 14.4. The Kier molecular flexibility index (Phi) is 5.55. The van der Waals surface area contributed by atoms with E-state index >= 15 is 0 Å². The lowest BCUT2D eigenvalue weighted by molar-refractivity contribution is 0.0945. The highest BCUT2D eigenvalue weighted by molar-refractivity contribution is 6.03. The molecule has 0 aliphatic heterocycles. The normalized spacial score (nSPS) is 9.89. The Labute approximate surface area is 156 Å². The number of hydrogen-bond acceptors (Lipinski definition) is 4. The second-order valence-electron chi connectivity index (χ2n) is 5.72. The Hall–Kier alpha value is -3.98. The number of carbonyl (C=O) groups is 2. The first-order valence-electron chi connectivity index (χ1n) is 8.26. The number of nitrogens with zero attached hydrogens (tertiary/aromatic N) is 2. The van der Waals surface area contributed by atoms with Crippen molar-refractivity contribution >= 4 is 17.5 Å². The van der Waals surface area contributed by atoms with Crippen molar-refractivity contribution in [1.82, 2.24) is 10.3 Å². The Bertz CT molecular complexity index is 1010. The van der Waals surface area contributed by atoms with E-state index in [-0.39, 0.29) is 17.3 Å². The number of nitriles is 1. The highest BCUT2D eigenvalue weighted by atomic mass is 16.2. The Morgan fingerprint density at radius 1 is 0.889 bits per heavy atom. The Balaban J connectivity index is 1.68. The second-order valence-corrected chi connectivity index (χ2v) is 5.72. The molecule has 1 aromatic heterocycles. The molecule has 6 heteroatoms. The summed E-state index contributed by atoms with van der Waals surface area (Å²) >= 11 is 0. The van der Waals surface area contributed by atoms with Crippen LogP contribution in [0, 0.1) is 11.3 Å². The van der Waals surface area contributed by atoms with Crippen LogP contribution in [0.15, 0.2) is 72.8 Å². The molecule has 0 radical (unpaired) electrons. The monoisotopic (exact) mass is 356 g/mol. The van der Waals surface area contributed by atoms with Crippen molar-refractivity contribution in [2.24, 2.45) is 0 Å². The predicted octanol–water partition coefficient (Wildman–Crippen LogP) is 3.14. The lowest BCUT2D eigenvalue weighted by atomic mass is 10.2. The molecule has 0 aliphatic carbocycles. The van der Waals surface area contributed by atoms with Gasteiger partial charge in [-0.2, -0.15) is 5.26 Å². The molecule has 6 nitrogen and oxygen atoms in total. The maximum Gasteiger partial charge on any atom is 0.274 e. The van der Waals surface area contributed by atoms with Gasteiger partial charge in [0.25, 0.3) is 11.8 Å². The topological polar surface area (TPSA) is 94.9 Å². The molecule has 0 spiro atoms. The molecular weight excluding hydrogens is 340 g/mol. The van der Waals surface area contributed by atoms with E-state index in [9.17, 15) is 9.59 Å². The van der Waals surface area contributed by atoms with Gasteiger partial charge in [0.1, 0.15) is 11.4 Å². The summed E-state index contributed by atoms with van der Waals surface area (Å²) in [5.74, 6) is -0.817. The van der Waals surface area contributed by atoms with Crippen LogP contribution in [0.2, 0.25) is 0 Å². The average molecular weight is 356 g/mol. The minimum absolute atomic E-state index is 0.115.